The van der Waals surface area contributed by atoms with Gasteiger partial charge >= 0.3 is 12.9 Å². The number of aromatic nitrogens is 2. The van der Waals surface area contributed by atoms with E-state index in [2.05, 4.69) is 16.8 Å². The van der Waals surface area contributed by atoms with Gasteiger partial charge in [-0.1, -0.05) is 0 Å². The van der Waals surface area contributed by atoms with Crippen molar-refractivity contribution in [2.75, 3.05) is 13.2 Å². The van der Waals surface area contributed by atoms with Gasteiger partial charge in [-0.25, -0.2) is 4.79 Å². The molecule has 1 fully saturated rings. The van der Waals surface area contributed by atoms with E-state index in [1.54, 1.807) is 0 Å². The second kappa shape index (κ2) is 7.37. The highest BCUT2D eigenvalue weighted by molar-refractivity contribution is 8.39. The first-order valence-corrected chi connectivity index (χ1v) is 9.94. The zero-order chi connectivity index (χ0) is 17.2. The molecule has 1 saturated heterocycles. The van der Waals surface area contributed by atoms with Gasteiger partial charge in [-0.15, -0.1) is 4.52 Å². The molecular formula is C9H12N2O9P2S. The lowest BCUT2D eigenvalue weighted by molar-refractivity contribution is -0.222. The zero-order valence-electron chi connectivity index (χ0n) is 11.3. The number of hydrogen-bond donors (Lipinski definition) is 3. The molecule has 0 aliphatic carbocycles. The van der Waals surface area contributed by atoms with E-state index in [-0.39, 0.29) is 6.61 Å². The van der Waals surface area contributed by atoms with Crippen LogP contribution in [-0.4, -0.2) is 39.9 Å². The van der Waals surface area contributed by atoms with Crippen LogP contribution in [-0.2, 0) is 22.9 Å². The summed E-state index contributed by atoms with van der Waals surface area (Å²) in [6.07, 6.45) is -0.879. The predicted molar refractivity (Wildman–Crippen MR) is 77.3 cm³/mol. The molecule has 0 radical (unpaired) electrons. The third-order valence-electron chi connectivity index (χ3n) is 3.05. The molecule has 0 aromatic carbocycles. The van der Waals surface area contributed by atoms with Crippen molar-refractivity contribution >= 4 is 27.3 Å². The molecule has 2 heterocycles. The van der Waals surface area contributed by atoms with Crippen molar-refractivity contribution < 1.29 is 32.7 Å². The van der Waals surface area contributed by atoms with E-state index in [4.69, 9.17) is 14.2 Å². The van der Waals surface area contributed by atoms with Crippen LogP contribution < -0.4 is 16.1 Å². The summed E-state index contributed by atoms with van der Waals surface area (Å²) in [6, 6.07) is 0.298. The molecule has 0 saturated carbocycles. The monoisotopic (exact) mass is 386 g/mol. The minimum Gasteiger partial charge on any atom is -0.756 e. The highest BCUT2D eigenvalue weighted by atomic mass is 32.7. The molecule has 2 unspecified atom stereocenters. The summed E-state index contributed by atoms with van der Waals surface area (Å²) < 4.78 is 37.6. The van der Waals surface area contributed by atoms with Crippen molar-refractivity contribution in [2.45, 2.75) is 18.2 Å². The van der Waals surface area contributed by atoms with E-state index in [1.807, 2.05) is 4.98 Å². The normalized spacial score (nSPS) is 27.6. The molecule has 23 heavy (non-hydrogen) atoms. The summed E-state index contributed by atoms with van der Waals surface area (Å²) in [5.41, 5.74) is -1.34. The number of hydrogen-bond acceptors (Lipinski definition) is 8. The van der Waals surface area contributed by atoms with Crippen molar-refractivity contribution in [3.63, 3.8) is 0 Å². The van der Waals surface area contributed by atoms with Crippen molar-refractivity contribution in [3.05, 3.63) is 33.1 Å². The maximum atomic E-state index is 11.8. The largest absolute Gasteiger partial charge is 0.756 e. The average Bonchev–Trinajstić information content (AvgIpc) is 2.78. The number of phosphoric acid groups is 1. The molecule has 2 rings (SSSR count). The van der Waals surface area contributed by atoms with E-state index in [0.29, 0.717) is 0 Å². The number of rotatable bonds is 6. The van der Waals surface area contributed by atoms with E-state index in [0.717, 1.165) is 10.6 Å². The van der Waals surface area contributed by atoms with Crippen LogP contribution in [0.1, 0.15) is 6.04 Å². The fourth-order valence-electron chi connectivity index (χ4n) is 2.14. The Morgan fingerprint density at radius 3 is 2.87 bits per heavy atom. The lowest BCUT2D eigenvalue weighted by Gasteiger charge is -2.21. The van der Waals surface area contributed by atoms with Crippen molar-refractivity contribution in [3.8, 4) is 0 Å². The van der Waals surface area contributed by atoms with Gasteiger partial charge in [0.05, 0.1) is 19.3 Å². The van der Waals surface area contributed by atoms with Gasteiger partial charge in [0, 0.05) is 12.3 Å². The first-order valence-electron chi connectivity index (χ1n) is 6.12. The summed E-state index contributed by atoms with van der Waals surface area (Å²) in [5, 5.41) is 0. The highest BCUT2D eigenvalue weighted by Gasteiger charge is 2.45. The van der Waals surface area contributed by atoms with Crippen LogP contribution in [0.15, 0.2) is 21.9 Å². The summed E-state index contributed by atoms with van der Waals surface area (Å²) in [5.74, 6) is 0. The molecule has 1 aliphatic rings. The quantitative estimate of drug-likeness (QED) is 0.408. The molecule has 0 spiro atoms. The Morgan fingerprint density at radius 2 is 2.30 bits per heavy atom. The molecule has 1 aromatic rings. The molecule has 1 aromatic heterocycles. The third-order valence-corrected chi connectivity index (χ3v) is 4.23. The lowest BCUT2D eigenvalue weighted by Crippen LogP contribution is -2.39. The second-order valence-corrected chi connectivity index (χ2v) is 7.39. The van der Waals surface area contributed by atoms with Gasteiger partial charge in [0.1, 0.15) is 18.4 Å². The van der Waals surface area contributed by atoms with Crippen LogP contribution in [0.5, 0.6) is 0 Å². The van der Waals surface area contributed by atoms with Crippen LogP contribution >= 0.6 is 27.3 Å². The number of ether oxygens (including phenoxy) is 1. The Balaban J connectivity index is 2.25. The van der Waals surface area contributed by atoms with Crippen LogP contribution in [0, 0.1) is 0 Å². The molecule has 11 nitrogen and oxygen atoms in total. The maximum absolute atomic E-state index is 11.8. The number of nitrogens with zero attached hydrogens (tertiary/aromatic N) is 1. The number of thiol groups is 1. The summed E-state index contributed by atoms with van der Waals surface area (Å²) in [7, 11) is -7.38. The minimum absolute atomic E-state index is 0.101. The first kappa shape index (κ1) is 18.5. The Labute approximate surface area is 134 Å². The molecule has 5 atom stereocenters. The highest BCUT2D eigenvalue weighted by Crippen LogP contribution is 2.39. The molecular weight excluding hydrogens is 374 g/mol. The van der Waals surface area contributed by atoms with Crippen LogP contribution in [0.25, 0.3) is 0 Å². The van der Waals surface area contributed by atoms with Crippen molar-refractivity contribution in [2.24, 2.45) is 0 Å². The zero-order valence-corrected chi connectivity index (χ0v) is 14.0. The standard InChI is InChI=1S/C9H12N2O9P2S/c12-7-1-2-11(9(13)10-7)5-3-18-6(4-19-22(15,16)17)8(5)20-21(14)23/h1-2,5-6,8H,3-4H2,(H3-,10,12,13,14,15,16,17,23)/t5-,6-,8+/m1/s1. The van der Waals surface area contributed by atoms with Gasteiger partial charge in [-0.05, 0) is 4.57 Å². The fourth-order valence-corrected chi connectivity index (χ4v) is 3.29. The van der Waals surface area contributed by atoms with Crippen LogP contribution in [0.2, 0.25) is 0 Å². The van der Waals surface area contributed by atoms with E-state index in [9.17, 15) is 23.6 Å². The van der Waals surface area contributed by atoms with Gasteiger partial charge < -0.3 is 19.0 Å². The number of aromatic amines is 1. The average molecular weight is 386 g/mol. The molecule has 2 N–H and O–H groups in total. The molecule has 128 valence electrons. The van der Waals surface area contributed by atoms with Crippen LogP contribution in [0.3, 0.4) is 0 Å². The van der Waals surface area contributed by atoms with Gasteiger partial charge in [0.2, 0.25) is 0 Å². The summed E-state index contributed by atoms with van der Waals surface area (Å²) >= 11 is 3.61. The maximum Gasteiger partial charge on any atom is 0.582 e. The first-order chi connectivity index (χ1) is 10.7. The number of nitrogens with one attached hydrogen (secondary N) is 1. The van der Waals surface area contributed by atoms with Gasteiger partial charge in [-0.2, -0.15) is 0 Å². The Morgan fingerprint density at radius 1 is 1.61 bits per heavy atom. The minimum atomic E-state index is -4.98. The topological polar surface area (TPSA) is 160 Å². The molecule has 1 aliphatic heterocycles. The molecule has 14 heteroatoms. The van der Waals surface area contributed by atoms with Crippen molar-refractivity contribution in [1.29, 1.82) is 0 Å². The molecule has 0 amide bonds. The predicted octanol–water partition coefficient (Wildman–Crippen LogP) is -1.07. The fraction of sp³-hybridized carbons (Fsp3) is 0.556. The molecule has 0 bridgehead atoms. The third kappa shape index (κ3) is 5.07. The second-order valence-electron chi connectivity index (χ2n) is 4.53. The lowest BCUT2D eigenvalue weighted by atomic mass is 10.1. The SMILES string of the molecule is O=c1ccn([C@@H]2CO[C@H](COP(=O)([O-])O)[C@H]2O[P+](=O)S)c(=O)[nH]1. The summed E-state index contributed by atoms with van der Waals surface area (Å²) in [4.78, 5) is 44.2. The van der Waals surface area contributed by atoms with Gasteiger partial charge in [-0.3, -0.25) is 18.9 Å². The number of phosphoric ester groups is 1. The van der Waals surface area contributed by atoms with Crippen LogP contribution in [0.4, 0.5) is 0 Å². The summed E-state index contributed by atoms with van der Waals surface area (Å²) in [6.45, 7) is -0.705. The Kier molecular flexibility index (Phi) is 5.93. The Hall–Kier alpha value is -0.840. The van der Waals surface area contributed by atoms with E-state index in [1.165, 1.54) is 6.20 Å². The van der Waals surface area contributed by atoms with E-state index < -0.39 is 51.2 Å². The number of H-pyrrole nitrogens is 1. The smallest absolute Gasteiger partial charge is 0.582 e. The van der Waals surface area contributed by atoms with Crippen molar-refractivity contribution in [1.82, 2.24) is 9.55 Å². The Bertz CT molecular complexity index is 743. The van der Waals surface area contributed by atoms with Gasteiger partial charge in [0.15, 0.2) is 6.10 Å². The van der Waals surface area contributed by atoms with E-state index >= 15 is 0 Å². The van der Waals surface area contributed by atoms with Gasteiger partial charge in [0.25, 0.3) is 13.4 Å².